The highest BCUT2D eigenvalue weighted by molar-refractivity contribution is 4.68. The van der Waals surface area contributed by atoms with Crippen LogP contribution in [0.3, 0.4) is 0 Å². The molecule has 1 rings (SSSR count). The molecule has 1 aliphatic carbocycles. The summed E-state index contributed by atoms with van der Waals surface area (Å²) in [5.74, 6) is 0.919. The molecule has 0 spiro atoms. The van der Waals surface area contributed by atoms with Crippen LogP contribution in [-0.2, 0) is 14.2 Å². The zero-order chi connectivity index (χ0) is 10.9. The first-order valence-corrected chi connectivity index (χ1v) is 6.17. The van der Waals surface area contributed by atoms with Crippen LogP contribution in [0.5, 0.6) is 0 Å². The van der Waals surface area contributed by atoms with Crippen molar-refractivity contribution in [3.8, 4) is 0 Å². The lowest BCUT2D eigenvalue weighted by Gasteiger charge is -2.25. The van der Waals surface area contributed by atoms with Crippen LogP contribution in [0.1, 0.15) is 39.5 Å². The van der Waals surface area contributed by atoms with Gasteiger partial charge in [-0.05, 0) is 26.2 Å². The van der Waals surface area contributed by atoms with Gasteiger partial charge in [-0.15, -0.1) is 0 Å². The minimum atomic E-state index is -0.179. The maximum Gasteiger partial charge on any atom is 0.180 e. The summed E-state index contributed by atoms with van der Waals surface area (Å²) in [5.41, 5.74) is 0. The van der Waals surface area contributed by atoms with Crippen molar-refractivity contribution in [1.82, 2.24) is 0 Å². The summed E-state index contributed by atoms with van der Waals surface area (Å²) in [7, 11) is 0. The molecule has 0 heterocycles. The number of rotatable bonds is 9. The van der Waals surface area contributed by atoms with E-state index in [1.165, 1.54) is 25.7 Å². The van der Waals surface area contributed by atoms with Gasteiger partial charge in [0.05, 0.1) is 6.61 Å². The van der Waals surface area contributed by atoms with Crippen LogP contribution in [0.4, 0.5) is 0 Å². The molecular weight excluding hydrogens is 192 g/mol. The van der Waals surface area contributed by atoms with Crippen LogP contribution >= 0.6 is 0 Å². The van der Waals surface area contributed by atoms with Crippen molar-refractivity contribution in [3.63, 3.8) is 0 Å². The first kappa shape index (κ1) is 12.9. The molecule has 90 valence electrons. The van der Waals surface area contributed by atoms with Gasteiger partial charge in [-0.1, -0.05) is 19.3 Å². The molecule has 0 aromatic heterocycles. The van der Waals surface area contributed by atoms with Crippen molar-refractivity contribution in [2.24, 2.45) is 5.92 Å². The second-order valence-corrected chi connectivity index (χ2v) is 4.00. The molecule has 3 heteroatoms. The van der Waals surface area contributed by atoms with E-state index in [2.05, 4.69) is 0 Å². The second kappa shape index (κ2) is 8.08. The third kappa shape index (κ3) is 5.50. The van der Waals surface area contributed by atoms with Gasteiger partial charge >= 0.3 is 0 Å². The van der Waals surface area contributed by atoms with Crippen molar-refractivity contribution in [2.75, 3.05) is 26.4 Å². The first-order valence-electron chi connectivity index (χ1n) is 6.17. The van der Waals surface area contributed by atoms with E-state index in [0.717, 1.165) is 12.5 Å². The van der Waals surface area contributed by atoms with Crippen LogP contribution in [0, 0.1) is 5.92 Å². The zero-order valence-electron chi connectivity index (χ0n) is 10.0. The Balaban J connectivity index is 1.94. The Morgan fingerprint density at radius 2 is 1.80 bits per heavy atom. The molecule has 0 atom stereocenters. The summed E-state index contributed by atoms with van der Waals surface area (Å²) in [5, 5.41) is 0. The standard InChI is InChI=1S/C12H24O3/c1-3-14-12(15-4-2)10-13-9-8-11-6-5-7-11/h11-12H,3-10H2,1-2H3. The molecule has 0 bridgehead atoms. The highest BCUT2D eigenvalue weighted by Crippen LogP contribution is 2.29. The molecule has 15 heavy (non-hydrogen) atoms. The van der Waals surface area contributed by atoms with E-state index in [1.807, 2.05) is 13.8 Å². The van der Waals surface area contributed by atoms with Gasteiger partial charge in [-0.3, -0.25) is 0 Å². The number of hydrogen-bond acceptors (Lipinski definition) is 3. The largest absolute Gasteiger partial charge is 0.376 e. The summed E-state index contributed by atoms with van der Waals surface area (Å²) in [6, 6.07) is 0. The highest BCUT2D eigenvalue weighted by atomic mass is 16.7. The minimum absolute atomic E-state index is 0.179. The molecule has 0 aromatic carbocycles. The van der Waals surface area contributed by atoms with Crippen LogP contribution in [0.2, 0.25) is 0 Å². The van der Waals surface area contributed by atoms with Gasteiger partial charge in [0.15, 0.2) is 6.29 Å². The zero-order valence-corrected chi connectivity index (χ0v) is 10.0. The molecule has 0 radical (unpaired) electrons. The maximum absolute atomic E-state index is 5.56. The lowest BCUT2D eigenvalue weighted by molar-refractivity contribution is -0.168. The van der Waals surface area contributed by atoms with Crippen molar-refractivity contribution >= 4 is 0 Å². The lowest BCUT2D eigenvalue weighted by atomic mass is 9.83. The summed E-state index contributed by atoms with van der Waals surface area (Å²) in [6.07, 6.45) is 5.21. The molecule has 1 aliphatic rings. The number of ether oxygens (including phenoxy) is 3. The third-order valence-electron chi connectivity index (χ3n) is 2.85. The first-order chi connectivity index (χ1) is 7.36. The lowest BCUT2D eigenvalue weighted by Crippen LogP contribution is -2.24. The molecule has 3 nitrogen and oxygen atoms in total. The fraction of sp³-hybridized carbons (Fsp3) is 1.00. The summed E-state index contributed by atoms with van der Waals surface area (Å²) < 4.78 is 16.3. The van der Waals surface area contributed by atoms with Crippen molar-refractivity contribution in [3.05, 3.63) is 0 Å². The van der Waals surface area contributed by atoms with E-state index in [0.29, 0.717) is 19.8 Å². The fourth-order valence-corrected chi connectivity index (χ4v) is 1.73. The molecule has 1 saturated carbocycles. The molecule has 0 amide bonds. The normalized spacial score (nSPS) is 17.0. The van der Waals surface area contributed by atoms with Crippen molar-refractivity contribution < 1.29 is 14.2 Å². The molecule has 0 aliphatic heterocycles. The molecule has 0 N–H and O–H groups in total. The van der Waals surface area contributed by atoms with E-state index in [4.69, 9.17) is 14.2 Å². The van der Waals surface area contributed by atoms with E-state index >= 15 is 0 Å². The molecular formula is C12H24O3. The number of hydrogen-bond donors (Lipinski definition) is 0. The Kier molecular flexibility index (Phi) is 6.98. The molecule has 0 saturated heterocycles. The Morgan fingerprint density at radius 1 is 1.13 bits per heavy atom. The van der Waals surface area contributed by atoms with Gasteiger partial charge in [0, 0.05) is 19.8 Å². The molecule has 1 fully saturated rings. The van der Waals surface area contributed by atoms with Gasteiger partial charge in [0.25, 0.3) is 0 Å². The summed E-state index contributed by atoms with van der Waals surface area (Å²) in [4.78, 5) is 0. The predicted octanol–water partition coefficient (Wildman–Crippen LogP) is 2.59. The Morgan fingerprint density at radius 3 is 2.27 bits per heavy atom. The Labute approximate surface area is 93.1 Å². The second-order valence-electron chi connectivity index (χ2n) is 4.00. The molecule has 0 unspecified atom stereocenters. The predicted molar refractivity (Wildman–Crippen MR) is 59.8 cm³/mol. The monoisotopic (exact) mass is 216 g/mol. The van der Waals surface area contributed by atoms with Crippen LogP contribution in [0.25, 0.3) is 0 Å². The third-order valence-corrected chi connectivity index (χ3v) is 2.85. The van der Waals surface area contributed by atoms with Crippen LogP contribution in [-0.4, -0.2) is 32.7 Å². The summed E-state index contributed by atoms with van der Waals surface area (Å²) >= 11 is 0. The highest BCUT2D eigenvalue weighted by Gasteiger charge is 2.17. The Hall–Kier alpha value is -0.120. The van der Waals surface area contributed by atoms with Gasteiger partial charge in [0.2, 0.25) is 0 Å². The maximum atomic E-state index is 5.56. The van der Waals surface area contributed by atoms with Gasteiger partial charge in [-0.2, -0.15) is 0 Å². The average Bonchev–Trinajstić information content (AvgIpc) is 2.15. The van der Waals surface area contributed by atoms with Gasteiger partial charge in [-0.25, -0.2) is 0 Å². The fourth-order valence-electron chi connectivity index (χ4n) is 1.73. The minimum Gasteiger partial charge on any atom is -0.376 e. The smallest absolute Gasteiger partial charge is 0.180 e. The van der Waals surface area contributed by atoms with E-state index in [1.54, 1.807) is 0 Å². The van der Waals surface area contributed by atoms with E-state index in [-0.39, 0.29) is 6.29 Å². The quantitative estimate of drug-likeness (QED) is 0.438. The van der Waals surface area contributed by atoms with Gasteiger partial charge < -0.3 is 14.2 Å². The SMILES string of the molecule is CCOC(COCCC1CCC1)OCC. The van der Waals surface area contributed by atoms with Crippen LogP contribution < -0.4 is 0 Å². The molecule has 0 aromatic rings. The van der Waals surface area contributed by atoms with E-state index in [9.17, 15) is 0 Å². The Bertz CT molecular complexity index is 140. The summed E-state index contributed by atoms with van der Waals surface area (Å²) in [6.45, 7) is 6.71. The van der Waals surface area contributed by atoms with Crippen molar-refractivity contribution in [2.45, 2.75) is 45.8 Å². The average molecular weight is 216 g/mol. The van der Waals surface area contributed by atoms with Crippen LogP contribution in [0.15, 0.2) is 0 Å². The topological polar surface area (TPSA) is 27.7 Å². The van der Waals surface area contributed by atoms with Gasteiger partial charge in [0.1, 0.15) is 0 Å². The van der Waals surface area contributed by atoms with Crippen molar-refractivity contribution in [1.29, 1.82) is 0 Å². The van der Waals surface area contributed by atoms with E-state index < -0.39 is 0 Å².